The van der Waals surface area contributed by atoms with Crippen LogP contribution in [0.1, 0.15) is 18.4 Å². The number of fused-ring (bicyclic) bond motifs is 1. The third-order valence-corrected chi connectivity index (χ3v) is 5.02. The quantitative estimate of drug-likeness (QED) is 0.533. The lowest BCUT2D eigenvalue weighted by Gasteiger charge is -2.07. The second kappa shape index (κ2) is 8.69. The number of rotatable bonds is 6. The van der Waals surface area contributed by atoms with Crippen LogP contribution in [0, 0.1) is 0 Å². The molecule has 1 N–H and O–H groups in total. The van der Waals surface area contributed by atoms with Crippen molar-refractivity contribution in [2.75, 3.05) is 5.32 Å². The Morgan fingerprint density at radius 2 is 1.87 bits per heavy atom. The van der Waals surface area contributed by atoms with Crippen molar-refractivity contribution in [2.45, 2.75) is 19.3 Å². The van der Waals surface area contributed by atoms with Gasteiger partial charge in [0.2, 0.25) is 5.91 Å². The maximum atomic E-state index is 12.3. The molecule has 0 spiro atoms. The normalized spacial score (nSPS) is 10.8. The van der Waals surface area contributed by atoms with Crippen molar-refractivity contribution in [1.29, 1.82) is 0 Å². The minimum atomic E-state index is -0.0527. The van der Waals surface area contributed by atoms with E-state index >= 15 is 0 Å². The summed E-state index contributed by atoms with van der Waals surface area (Å²) in [4.78, 5) is 32.6. The van der Waals surface area contributed by atoms with Gasteiger partial charge in [0.25, 0.3) is 5.56 Å². The monoisotopic (exact) mass is 398 g/mol. The van der Waals surface area contributed by atoms with Crippen LogP contribution in [-0.4, -0.2) is 20.4 Å². The van der Waals surface area contributed by atoms with E-state index in [1.54, 1.807) is 25.5 Å². The van der Waals surface area contributed by atoms with Crippen LogP contribution < -0.4 is 10.9 Å². The highest BCUT2D eigenvalue weighted by atomic mass is 16.1. The number of hydrogen-bond acceptors (Lipinski definition) is 4. The number of carbonyl (C=O) groups excluding carboxylic acids is 1. The van der Waals surface area contributed by atoms with Crippen LogP contribution in [0.3, 0.4) is 0 Å². The molecule has 0 unspecified atom stereocenters. The van der Waals surface area contributed by atoms with Crippen molar-refractivity contribution in [2.24, 2.45) is 7.05 Å². The number of nitrogens with one attached hydrogen (secondary N) is 1. The number of nitrogens with zero attached hydrogens (tertiary/aromatic N) is 3. The standard InChI is InChI=1S/C24H22N4O2/c1-28-16-26-22-12-11-19(14-21(22)24(28)30)18-9-7-17(8-10-18)4-2-6-23(29)27-20-5-3-13-25-15-20/h3,5,7-16H,2,4,6H2,1H3,(H,27,29). The first kappa shape index (κ1) is 19.5. The summed E-state index contributed by atoms with van der Waals surface area (Å²) in [6.45, 7) is 0. The van der Waals surface area contributed by atoms with E-state index in [-0.39, 0.29) is 11.5 Å². The topological polar surface area (TPSA) is 76.9 Å². The second-order valence-corrected chi connectivity index (χ2v) is 7.23. The van der Waals surface area contributed by atoms with E-state index in [0.717, 1.165) is 24.0 Å². The van der Waals surface area contributed by atoms with E-state index in [4.69, 9.17) is 0 Å². The molecule has 6 heteroatoms. The Morgan fingerprint density at radius 3 is 2.63 bits per heavy atom. The SMILES string of the molecule is Cn1cnc2ccc(-c3ccc(CCCC(=O)Nc4cccnc4)cc3)cc2c1=O. The molecule has 6 nitrogen and oxygen atoms in total. The van der Waals surface area contributed by atoms with Crippen molar-refractivity contribution in [1.82, 2.24) is 14.5 Å². The molecule has 0 atom stereocenters. The maximum absolute atomic E-state index is 12.3. The van der Waals surface area contributed by atoms with Crippen LogP contribution in [-0.2, 0) is 18.3 Å². The minimum Gasteiger partial charge on any atom is -0.325 e. The van der Waals surface area contributed by atoms with Gasteiger partial charge < -0.3 is 9.88 Å². The van der Waals surface area contributed by atoms with Gasteiger partial charge in [-0.2, -0.15) is 0 Å². The second-order valence-electron chi connectivity index (χ2n) is 7.23. The van der Waals surface area contributed by atoms with Gasteiger partial charge >= 0.3 is 0 Å². The van der Waals surface area contributed by atoms with Crippen molar-refractivity contribution in [3.8, 4) is 11.1 Å². The molecule has 0 aliphatic heterocycles. The summed E-state index contributed by atoms with van der Waals surface area (Å²) in [5, 5.41) is 3.46. The Morgan fingerprint density at radius 1 is 1.07 bits per heavy atom. The number of pyridine rings is 1. The highest BCUT2D eigenvalue weighted by Gasteiger charge is 2.06. The lowest BCUT2D eigenvalue weighted by Crippen LogP contribution is -2.16. The Labute approximate surface area is 174 Å². The molecule has 1 amide bonds. The first-order valence-corrected chi connectivity index (χ1v) is 9.85. The van der Waals surface area contributed by atoms with Gasteiger partial charge in [0.05, 0.1) is 29.1 Å². The molecule has 0 radical (unpaired) electrons. The van der Waals surface area contributed by atoms with Gasteiger partial charge in [-0.3, -0.25) is 14.6 Å². The van der Waals surface area contributed by atoms with Crippen LogP contribution in [0.25, 0.3) is 22.0 Å². The van der Waals surface area contributed by atoms with E-state index in [9.17, 15) is 9.59 Å². The molecule has 0 bridgehead atoms. The fourth-order valence-corrected chi connectivity index (χ4v) is 3.37. The van der Waals surface area contributed by atoms with Crippen molar-refractivity contribution < 1.29 is 4.79 Å². The molecule has 0 aliphatic rings. The summed E-state index contributed by atoms with van der Waals surface area (Å²) in [5.41, 5.74) is 4.56. The fraction of sp³-hybridized carbons (Fsp3) is 0.167. The summed E-state index contributed by atoms with van der Waals surface area (Å²) in [5.74, 6) is -0.00836. The number of aromatic nitrogens is 3. The zero-order chi connectivity index (χ0) is 20.9. The lowest BCUT2D eigenvalue weighted by molar-refractivity contribution is -0.116. The first-order chi connectivity index (χ1) is 14.6. The van der Waals surface area contributed by atoms with Gasteiger partial charge in [-0.1, -0.05) is 30.3 Å². The highest BCUT2D eigenvalue weighted by Crippen LogP contribution is 2.23. The van der Waals surface area contributed by atoms with Gasteiger partial charge in [-0.05, 0) is 53.8 Å². The number of carbonyl (C=O) groups is 1. The Kier molecular flexibility index (Phi) is 5.66. The summed E-state index contributed by atoms with van der Waals surface area (Å²) >= 11 is 0. The van der Waals surface area contributed by atoms with Gasteiger partial charge in [0.15, 0.2) is 0 Å². The van der Waals surface area contributed by atoms with Crippen molar-refractivity contribution in [3.63, 3.8) is 0 Å². The van der Waals surface area contributed by atoms with Crippen LogP contribution in [0.5, 0.6) is 0 Å². The molecule has 4 aromatic rings. The average molecular weight is 398 g/mol. The highest BCUT2D eigenvalue weighted by molar-refractivity contribution is 5.90. The molecule has 4 rings (SSSR count). The summed E-state index contributed by atoms with van der Waals surface area (Å²) in [7, 11) is 1.70. The largest absolute Gasteiger partial charge is 0.325 e. The van der Waals surface area contributed by atoms with E-state index in [1.165, 1.54) is 16.5 Å². The fourth-order valence-electron chi connectivity index (χ4n) is 3.37. The summed E-state index contributed by atoms with van der Waals surface area (Å²) in [6.07, 6.45) is 6.89. The van der Waals surface area contributed by atoms with Crippen LogP contribution in [0.15, 0.2) is 78.1 Å². The molecule has 0 fully saturated rings. The summed E-state index contributed by atoms with van der Waals surface area (Å²) < 4.78 is 1.49. The van der Waals surface area contributed by atoms with E-state index < -0.39 is 0 Å². The number of anilines is 1. The molecule has 2 aromatic heterocycles. The van der Waals surface area contributed by atoms with Crippen LogP contribution >= 0.6 is 0 Å². The molecular formula is C24H22N4O2. The third-order valence-electron chi connectivity index (χ3n) is 5.02. The Balaban J connectivity index is 1.38. The average Bonchev–Trinajstić information content (AvgIpc) is 2.77. The van der Waals surface area contributed by atoms with E-state index in [0.29, 0.717) is 23.0 Å². The molecular weight excluding hydrogens is 376 g/mol. The van der Waals surface area contributed by atoms with Crippen molar-refractivity contribution in [3.05, 3.63) is 89.2 Å². The molecule has 2 aromatic carbocycles. The number of benzene rings is 2. The predicted octanol–water partition coefficient (Wildman–Crippen LogP) is 3.96. The molecule has 2 heterocycles. The minimum absolute atomic E-state index is 0.00836. The molecule has 30 heavy (non-hydrogen) atoms. The van der Waals surface area contributed by atoms with E-state index in [2.05, 4.69) is 27.4 Å². The number of aryl methyl sites for hydroxylation is 2. The van der Waals surface area contributed by atoms with Crippen LogP contribution in [0.2, 0.25) is 0 Å². The Hall–Kier alpha value is -3.80. The molecule has 0 aliphatic carbocycles. The maximum Gasteiger partial charge on any atom is 0.260 e. The third kappa shape index (κ3) is 4.43. The smallest absolute Gasteiger partial charge is 0.260 e. The van der Waals surface area contributed by atoms with Gasteiger partial charge in [0, 0.05) is 19.7 Å². The molecule has 0 saturated carbocycles. The van der Waals surface area contributed by atoms with E-state index in [1.807, 2.05) is 36.4 Å². The van der Waals surface area contributed by atoms with Crippen LogP contribution in [0.4, 0.5) is 5.69 Å². The zero-order valence-electron chi connectivity index (χ0n) is 16.7. The first-order valence-electron chi connectivity index (χ1n) is 9.85. The van der Waals surface area contributed by atoms with Crippen molar-refractivity contribution >= 4 is 22.5 Å². The zero-order valence-corrected chi connectivity index (χ0v) is 16.7. The molecule has 150 valence electrons. The van der Waals surface area contributed by atoms with Gasteiger partial charge in [-0.25, -0.2) is 4.98 Å². The number of hydrogen-bond donors (Lipinski definition) is 1. The van der Waals surface area contributed by atoms with Gasteiger partial charge in [0.1, 0.15) is 0 Å². The Bertz CT molecular complexity index is 1230. The van der Waals surface area contributed by atoms with Gasteiger partial charge in [-0.15, -0.1) is 0 Å². The summed E-state index contributed by atoms with van der Waals surface area (Å²) in [6, 6.07) is 17.6. The number of amides is 1. The molecule has 0 saturated heterocycles. The lowest BCUT2D eigenvalue weighted by atomic mass is 10.0. The predicted molar refractivity (Wildman–Crippen MR) is 118 cm³/mol.